The van der Waals surface area contributed by atoms with E-state index in [9.17, 15) is 10.1 Å². The highest BCUT2D eigenvalue weighted by atomic mass is 16.5. The Kier molecular flexibility index (Phi) is 6.63. The van der Waals surface area contributed by atoms with Gasteiger partial charge in [-0.05, 0) is 80.1 Å². The number of benzene rings is 2. The molecule has 0 radical (unpaired) electrons. The Morgan fingerprint density at radius 3 is 2.90 bits per heavy atom. The van der Waals surface area contributed by atoms with Gasteiger partial charge in [-0.1, -0.05) is 6.07 Å². The third-order valence-electron chi connectivity index (χ3n) is 7.83. The number of nitrogens with zero attached hydrogens (tertiary/aromatic N) is 5. The van der Waals surface area contributed by atoms with Gasteiger partial charge in [-0.25, -0.2) is 9.97 Å². The minimum Gasteiger partial charge on any atom is -0.464 e. The number of hydrogen-bond acceptors (Lipinski definition) is 8. The highest BCUT2D eigenvalue weighted by Crippen LogP contribution is 2.51. The van der Waals surface area contributed by atoms with Gasteiger partial charge in [-0.15, -0.1) is 0 Å². The molecule has 0 unspecified atom stereocenters. The summed E-state index contributed by atoms with van der Waals surface area (Å²) in [6.45, 7) is 1.57. The van der Waals surface area contributed by atoms with Crippen LogP contribution in [-0.2, 0) is 4.79 Å². The molecule has 1 aromatic heterocycles. The average Bonchev–Trinajstić information content (AvgIpc) is 3.38. The zero-order valence-electron chi connectivity index (χ0n) is 21.6. The number of amides is 1. The average molecular weight is 523 g/mol. The molecule has 39 heavy (non-hydrogen) atoms. The van der Waals surface area contributed by atoms with E-state index in [1.165, 1.54) is 31.4 Å². The quantitative estimate of drug-likeness (QED) is 0.440. The smallest absolute Gasteiger partial charge is 0.248 e. The van der Waals surface area contributed by atoms with Crippen LogP contribution in [0.25, 0.3) is 11.3 Å². The van der Waals surface area contributed by atoms with E-state index in [0.29, 0.717) is 48.0 Å². The van der Waals surface area contributed by atoms with Crippen LogP contribution < -0.4 is 15.0 Å². The molecule has 2 aromatic carbocycles. The third kappa shape index (κ3) is 5.16. The van der Waals surface area contributed by atoms with E-state index in [2.05, 4.69) is 39.5 Å². The number of likely N-dealkylation sites (tertiary alicyclic amines) is 1. The summed E-state index contributed by atoms with van der Waals surface area (Å²) in [5.74, 6) is 0.615. The van der Waals surface area contributed by atoms with Crippen LogP contribution in [0.5, 0.6) is 5.75 Å². The summed E-state index contributed by atoms with van der Waals surface area (Å²) in [7, 11) is 0. The fraction of sp³-hybridized carbons (Fsp3) is 0.333. The van der Waals surface area contributed by atoms with Crippen molar-refractivity contribution in [2.45, 2.75) is 37.6 Å². The first-order chi connectivity index (χ1) is 19.1. The van der Waals surface area contributed by atoms with Crippen molar-refractivity contribution in [3.8, 4) is 23.1 Å². The van der Waals surface area contributed by atoms with Gasteiger partial charge in [0.1, 0.15) is 18.4 Å². The number of carbonyl (C=O) groups is 1. The van der Waals surface area contributed by atoms with Crippen molar-refractivity contribution in [1.29, 1.82) is 5.26 Å². The van der Waals surface area contributed by atoms with Crippen molar-refractivity contribution in [2.75, 3.05) is 36.5 Å². The number of aliphatic hydroxyl groups excluding tert-OH is 1. The van der Waals surface area contributed by atoms with E-state index in [-0.39, 0.29) is 5.91 Å². The molecule has 2 N–H and O–H groups in total. The molecule has 0 bridgehead atoms. The Balaban J connectivity index is 1.16. The van der Waals surface area contributed by atoms with Crippen LogP contribution in [-0.4, -0.2) is 57.7 Å². The van der Waals surface area contributed by atoms with Crippen molar-refractivity contribution < 1.29 is 14.6 Å². The molecule has 3 aromatic rings. The SMILES string of the molecule is N#Cc1cc(-c2ccnc(Nc3cccc(N4CCCC45CC5)c3)n2)ccc1O/C=C1\CCN(C(=O)CO)C1. The number of rotatable bonds is 7. The van der Waals surface area contributed by atoms with Gasteiger partial charge in [0.15, 0.2) is 0 Å². The second-order valence-electron chi connectivity index (χ2n) is 10.4. The fourth-order valence-electron chi connectivity index (χ4n) is 5.58. The number of aliphatic hydroxyl groups is 1. The van der Waals surface area contributed by atoms with Gasteiger partial charge in [0.05, 0.1) is 17.5 Å². The van der Waals surface area contributed by atoms with E-state index in [1.807, 2.05) is 18.2 Å². The number of anilines is 3. The maximum Gasteiger partial charge on any atom is 0.248 e. The maximum absolute atomic E-state index is 11.7. The highest BCUT2D eigenvalue weighted by Gasteiger charge is 2.50. The molecule has 2 aliphatic heterocycles. The molecule has 3 fully saturated rings. The number of hydrogen-bond donors (Lipinski definition) is 2. The minimum absolute atomic E-state index is 0.301. The van der Waals surface area contributed by atoms with Gasteiger partial charge in [0.25, 0.3) is 0 Å². The first kappa shape index (κ1) is 24.9. The Morgan fingerprint density at radius 1 is 1.18 bits per heavy atom. The number of carbonyl (C=O) groups excluding carboxylic acids is 1. The zero-order chi connectivity index (χ0) is 26.8. The first-order valence-electron chi connectivity index (χ1n) is 13.3. The number of nitriles is 1. The largest absolute Gasteiger partial charge is 0.464 e. The standard InChI is InChI=1S/C30H30N6O3/c31-17-23-15-22(5-6-27(23)39-20-21-8-14-35(18-21)28(38)19-37)26-7-12-32-29(34-26)33-24-3-1-4-25(16-24)36-13-2-9-30(36)10-11-30/h1,3-7,12,15-16,20,37H,2,8-11,13-14,18-19H2,(H,32,33,34)/b21-20+. The van der Waals surface area contributed by atoms with Crippen LogP contribution in [0.15, 0.2) is 66.6 Å². The monoisotopic (exact) mass is 522 g/mol. The molecular formula is C30H30N6O3. The molecule has 3 heterocycles. The number of aromatic nitrogens is 2. The molecular weight excluding hydrogens is 492 g/mol. The summed E-state index contributed by atoms with van der Waals surface area (Å²) in [5, 5.41) is 22.1. The summed E-state index contributed by atoms with van der Waals surface area (Å²) in [6, 6.07) is 17.8. The molecule has 1 amide bonds. The number of nitrogens with one attached hydrogen (secondary N) is 1. The molecule has 9 heteroatoms. The Bertz CT molecular complexity index is 1480. The van der Waals surface area contributed by atoms with Crippen LogP contribution >= 0.6 is 0 Å². The first-order valence-corrected chi connectivity index (χ1v) is 13.3. The summed E-state index contributed by atoms with van der Waals surface area (Å²) in [5.41, 5.74) is 5.34. The van der Waals surface area contributed by atoms with Crippen molar-refractivity contribution in [1.82, 2.24) is 14.9 Å². The van der Waals surface area contributed by atoms with Crippen molar-refractivity contribution in [2.24, 2.45) is 0 Å². The van der Waals surface area contributed by atoms with Gasteiger partial charge in [-0.2, -0.15) is 5.26 Å². The third-order valence-corrected chi connectivity index (χ3v) is 7.83. The van der Waals surface area contributed by atoms with Crippen molar-refractivity contribution in [3.63, 3.8) is 0 Å². The second-order valence-corrected chi connectivity index (χ2v) is 10.4. The maximum atomic E-state index is 11.7. The minimum atomic E-state index is -0.500. The molecule has 1 aliphatic carbocycles. The summed E-state index contributed by atoms with van der Waals surface area (Å²) < 4.78 is 5.81. The predicted molar refractivity (Wildman–Crippen MR) is 147 cm³/mol. The highest BCUT2D eigenvalue weighted by molar-refractivity contribution is 5.78. The lowest BCUT2D eigenvalue weighted by Gasteiger charge is -2.27. The van der Waals surface area contributed by atoms with Gasteiger partial charge >= 0.3 is 0 Å². The van der Waals surface area contributed by atoms with E-state index in [4.69, 9.17) is 14.8 Å². The van der Waals surface area contributed by atoms with Gasteiger partial charge in [0, 0.05) is 48.3 Å². The number of ether oxygens (including phenoxy) is 1. The lowest BCUT2D eigenvalue weighted by atomic mass is 10.1. The van der Waals surface area contributed by atoms with Crippen LogP contribution in [0.1, 0.15) is 37.7 Å². The van der Waals surface area contributed by atoms with Crippen molar-refractivity contribution in [3.05, 3.63) is 72.1 Å². The topological polar surface area (TPSA) is 115 Å². The Hall–Kier alpha value is -4.42. The van der Waals surface area contributed by atoms with Gasteiger partial charge < -0.3 is 25.0 Å². The van der Waals surface area contributed by atoms with Crippen LogP contribution in [0, 0.1) is 11.3 Å². The van der Waals surface area contributed by atoms with E-state index >= 15 is 0 Å². The molecule has 1 saturated carbocycles. The molecule has 9 nitrogen and oxygen atoms in total. The zero-order valence-corrected chi connectivity index (χ0v) is 21.6. The molecule has 3 aliphatic rings. The molecule has 198 valence electrons. The molecule has 0 atom stereocenters. The second kappa shape index (κ2) is 10.4. The lowest BCUT2D eigenvalue weighted by Crippen LogP contribution is -2.30. The van der Waals surface area contributed by atoms with Gasteiger partial charge in [-0.3, -0.25) is 4.79 Å². The van der Waals surface area contributed by atoms with Crippen LogP contribution in [0.4, 0.5) is 17.3 Å². The van der Waals surface area contributed by atoms with Crippen molar-refractivity contribution >= 4 is 23.2 Å². The Morgan fingerprint density at radius 2 is 2.08 bits per heavy atom. The fourth-order valence-corrected chi connectivity index (χ4v) is 5.58. The molecule has 6 rings (SSSR count). The lowest BCUT2D eigenvalue weighted by molar-refractivity contribution is -0.132. The summed E-state index contributed by atoms with van der Waals surface area (Å²) >= 11 is 0. The van der Waals surface area contributed by atoms with Gasteiger partial charge in [0.2, 0.25) is 11.9 Å². The normalized spacial score (nSPS) is 18.4. The predicted octanol–water partition coefficient (Wildman–Crippen LogP) is 4.38. The molecule has 2 saturated heterocycles. The summed E-state index contributed by atoms with van der Waals surface area (Å²) in [4.78, 5) is 24.9. The van der Waals surface area contributed by atoms with E-state index < -0.39 is 6.61 Å². The summed E-state index contributed by atoms with van der Waals surface area (Å²) in [6.07, 6.45) is 9.07. The van der Waals surface area contributed by atoms with E-state index in [0.717, 1.165) is 23.4 Å². The van der Waals surface area contributed by atoms with Crippen LogP contribution in [0.2, 0.25) is 0 Å². The molecule has 1 spiro atoms. The Labute approximate surface area is 227 Å². The van der Waals surface area contributed by atoms with E-state index in [1.54, 1.807) is 29.5 Å². The van der Waals surface area contributed by atoms with Crippen LogP contribution in [0.3, 0.4) is 0 Å².